The molecule has 3 aromatic carbocycles. The molecule has 0 atom stereocenters. The Morgan fingerprint density at radius 2 is 1.71 bits per heavy atom. The van der Waals surface area contributed by atoms with Gasteiger partial charge < -0.3 is 0 Å². The van der Waals surface area contributed by atoms with Crippen molar-refractivity contribution in [2.45, 2.75) is 83.5 Å². The molecule has 0 nitrogen and oxygen atoms in total. The van der Waals surface area contributed by atoms with Crippen LogP contribution in [0.2, 0.25) is 0 Å². The third-order valence-electron chi connectivity index (χ3n) is 7.69. The fourth-order valence-corrected chi connectivity index (χ4v) is 5.47. The van der Waals surface area contributed by atoms with Gasteiger partial charge in [-0.05, 0) is 85.1 Å². The van der Waals surface area contributed by atoms with E-state index in [2.05, 4.69) is 49.6 Å². The molecule has 0 saturated heterocycles. The average Bonchev–Trinajstić information content (AvgIpc) is 2.90. The molecule has 1 heteroatoms. The van der Waals surface area contributed by atoms with Gasteiger partial charge in [0.05, 0.1) is 5.56 Å². The zero-order valence-electron chi connectivity index (χ0n) is 21.3. The van der Waals surface area contributed by atoms with Crippen molar-refractivity contribution in [2.75, 3.05) is 0 Å². The van der Waals surface area contributed by atoms with Crippen molar-refractivity contribution in [3.63, 3.8) is 0 Å². The van der Waals surface area contributed by atoms with E-state index in [0.29, 0.717) is 16.9 Å². The zero-order chi connectivity index (χ0) is 24.5. The van der Waals surface area contributed by atoms with Crippen LogP contribution in [0.25, 0.3) is 10.8 Å². The van der Waals surface area contributed by atoms with Gasteiger partial charge in [0.25, 0.3) is 0 Å². The first kappa shape index (κ1) is 25.2. The van der Waals surface area contributed by atoms with Crippen molar-refractivity contribution in [3.8, 4) is 11.8 Å². The summed E-state index contributed by atoms with van der Waals surface area (Å²) in [5.74, 6) is 7.49. The Labute approximate surface area is 211 Å². The SMILES string of the molecule is C=CCCc1ccc(C#Cc2ccc3cc(C4CCC(CCCCCC)CC4)ccc3c2F)cc1. The van der Waals surface area contributed by atoms with Crippen molar-refractivity contribution in [1.29, 1.82) is 0 Å². The van der Waals surface area contributed by atoms with Crippen molar-refractivity contribution >= 4 is 10.8 Å². The first-order valence-electron chi connectivity index (χ1n) is 13.6. The van der Waals surface area contributed by atoms with E-state index < -0.39 is 0 Å². The van der Waals surface area contributed by atoms with Crippen LogP contribution in [-0.4, -0.2) is 0 Å². The van der Waals surface area contributed by atoms with Crippen LogP contribution in [0.5, 0.6) is 0 Å². The lowest BCUT2D eigenvalue weighted by Gasteiger charge is -2.29. The molecule has 35 heavy (non-hydrogen) atoms. The third-order valence-corrected chi connectivity index (χ3v) is 7.69. The molecule has 0 aliphatic heterocycles. The van der Waals surface area contributed by atoms with E-state index in [-0.39, 0.29) is 5.82 Å². The molecule has 0 amide bonds. The van der Waals surface area contributed by atoms with E-state index in [1.54, 1.807) is 0 Å². The van der Waals surface area contributed by atoms with Gasteiger partial charge in [0.2, 0.25) is 0 Å². The lowest BCUT2D eigenvalue weighted by atomic mass is 9.76. The van der Waals surface area contributed by atoms with Crippen molar-refractivity contribution < 1.29 is 4.39 Å². The normalized spacial score (nSPS) is 17.7. The van der Waals surface area contributed by atoms with Gasteiger partial charge in [0.15, 0.2) is 0 Å². The Morgan fingerprint density at radius 3 is 2.46 bits per heavy atom. The third kappa shape index (κ3) is 6.85. The molecular weight excluding hydrogens is 427 g/mol. The molecule has 0 radical (unpaired) electrons. The molecular formula is C34H39F. The lowest BCUT2D eigenvalue weighted by Crippen LogP contribution is -2.13. The summed E-state index contributed by atoms with van der Waals surface area (Å²) in [6.07, 6.45) is 16.0. The van der Waals surface area contributed by atoms with E-state index >= 15 is 4.39 Å². The summed E-state index contributed by atoms with van der Waals surface area (Å²) in [6.45, 7) is 6.05. The number of benzene rings is 3. The van der Waals surface area contributed by atoms with Crippen LogP contribution in [0, 0.1) is 23.6 Å². The van der Waals surface area contributed by atoms with Gasteiger partial charge in [-0.15, -0.1) is 6.58 Å². The lowest BCUT2D eigenvalue weighted by molar-refractivity contribution is 0.302. The van der Waals surface area contributed by atoms with E-state index in [1.807, 2.05) is 36.4 Å². The maximum Gasteiger partial charge on any atom is 0.146 e. The van der Waals surface area contributed by atoms with E-state index in [9.17, 15) is 0 Å². The fourth-order valence-electron chi connectivity index (χ4n) is 5.47. The number of hydrogen-bond acceptors (Lipinski definition) is 0. The van der Waals surface area contributed by atoms with Crippen LogP contribution in [0.3, 0.4) is 0 Å². The van der Waals surface area contributed by atoms with Crippen LogP contribution < -0.4 is 0 Å². The molecule has 3 aromatic rings. The number of unbranched alkanes of at least 4 members (excludes halogenated alkanes) is 3. The van der Waals surface area contributed by atoms with Crippen molar-refractivity contribution in [2.24, 2.45) is 5.92 Å². The zero-order valence-corrected chi connectivity index (χ0v) is 21.3. The number of halogens is 1. The van der Waals surface area contributed by atoms with Gasteiger partial charge in [-0.25, -0.2) is 4.39 Å². The van der Waals surface area contributed by atoms with Crippen molar-refractivity contribution in [1.82, 2.24) is 0 Å². The summed E-state index contributed by atoms with van der Waals surface area (Å²) in [5.41, 5.74) is 4.01. The van der Waals surface area contributed by atoms with Crippen LogP contribution in [0.1, 0.15) is 99.3 Å². The van der Waals surface area contributed by atoms with Crippen LogP contribution in [-0.2, 0) is 6.42 Å². The Bertz CT molecular complexity index is 1170. The largest absolute Gasteiger partial charge is 0.205 e. The smallest absolute Gasteiger partial charge is 0.146 e. The molecule has 182 valence electrons. The van der Waals surface area contributed by atoms with Crippen LogP contribution >= 0.6 is 0 Å². The summed E-state index contributed by atoms with van der Waals surface area (Å²) in [7, 11) is 0. The maximum atomic E-state index is 15.3. The first-order chi connectivity index (χ1) is 17.2. The quantitative estimate of drug-likeness (QED) is 0.167. The van der Waals surface area contributed by atoms with Gasteiger partial charge in [-0.1, -0.05) is 93.3 Å². The predicted molar refractivity (Wildman–Crippen MR) is 148 cm³/mol. The average molecular weight is 467 g/mol. The standard InChI is InChI=1S/C34H39F/c1-3-5-7-8-10-27-15-18-29(19-16-27)31-23-24-33-32(25-31)22-21-30(34(33)35)20-17-28-13-11-26(12-14-28)9-6-4-2/h4,11-14,21-25,27,29H,2-3,5-10,15-16,18-19H2,1H3. The fraction of sp³-hybridized carbons (Fsp3) is 0.412. The van der Waals surface area contributed by atoms with Gasteiger partial charge in [-0.2, -0.15) is 0 Å². The molecule has 1 aliphatic carbocycles. The molecule has 0 spiro atoms. The van der Waals surface area contributed by atoms with Gasteiger partial charge in [0, 0.05) is 10.9 Å². The number of allylic oxidation sites excluding steroid dienone is 1. The Morgan fingerprint density at radius 1 is 0.914 bits per heavy atom. The summed E-state index contributed by atoms with van der Waals surface area (Å²) < 4.78 is 15.3. The number of hydrogen-bond donors (Lipinski definition) is 0. The number of fused-ring (bicyclic) bond motifs is 1. The van der Waals surface area contributed by atoms with E-state index in [0.717, 1.165) is 29.7 Å². The molecule has 0 aromatic heterocycles. The van der Waals surface area contributed by atoms with Gasteiger partial charge in [0.1, 0.15) is 5.82 Å². The second-order valence-corrected chi connectivity index (χ2v) is 10.2. The van der Waals surface area contributed by atoms with Crippen molar-refractivity contribution in [3.05, 3.63) is 95.3 Å². The molecule has 0 bridgehead atoms. The summed E-state index contributed by atoms with van der Waals surface area (Å²) >= 11 is 0. The number of rotatable bonds is 9. The highest BCUT2D eigenvalue weighted by Gasteiger charge is 2.22. The first-order valence-corrected chi connectivity index (χ1v) is 13.6. The topological polar surface area (TPSA) is 0 Å². The van der Waals surface area contributed by atoms with Gasteiger partial charge in [-0.3, -0.25) is 0 Å². The minimum atomic E-state index is -0.208. The molecule has 0 N–H and O–H groups in total. The molecule has 4 rings (SSSR count). The second kappa shape index (κ2) is 12.7. The Kier molecular flexibility index (Phi) is 9.19. The molecule has 0 unspecified atom stereocenters. The Balaban J connectivity index is 1.40. The van der Waals surface area contributed by atoms with E-state index in [4.69, 9.17) is 0 Å². The highest BCUT2D eigenvalue weighted by atomic mass is 19.1. The molecule has 1 fully saturated rings. The maximum absolute atomic E-state index is 15.3. The molecule has 0 heterocycles. The summed E-state index contributed by atoms with van der Waals surface area (Å²) in [6, 6.07) is 18.4. The van der Waals surface area contributed by atoms with E-state index in [1.165, 1.54) is 68.9 Å². The summed E-state index contributed by atoms with van der Waals surface area (Å²) in [4.78, 5) is 0. The highest BCUT2D eigenvalue weighted by Crippen LogP contribution is 2.39. The predicted octanol–water partition coefficient (Wildman–Crippen LogP) is 9.74. The van der Waals surface area contributed by atoms with Gasteiger partial charge >= 0.3 is 0 Å². The Hall–Kier alpha value is -2.85. The minimum Gasteiger partial charge on any atom is -0.205 e. The minimum absolute atomic E-state index is 0.208. The molecule has 1 saturated carbocycles. The van der Waals surface area contributed by atoms with Crippen LogP contribution in [0.4, 0.5) is 4.39 Å². The molecule has 1 aliphatic rings. The second-order valence-electron chi connectivity index (χ2n) is 10.2. The highest BCUT2D eigenvalue weighted by molar-refractivity contribution is 5.85. The van der Waals surface area contributed by atoms with Crippen LogP contribution in [0.15, 0.2) is 67.3 Å². The number of aryl methyl sites for hydroxylation is 1. The monoisotopic (exact) mass is 466 g/mol. The summed E-state index contributed by atoms with van der Waals surface area (Å²) in [5, 5.41) is 1.66.